The van der Waals surface area contributed by atoms with Crippen LogP contribution in [0.4, 0.5) is 0 Å². The normalized spacial score (nSPS) is 15.4. The van der Waals surface area contributed by atoms with E-state index in [-0.39, 0.29) is 12.0 Å². The smallest absolute Gasteiger partial charge is 0.253 e. The zero-order valence-electron chi connectivity index (χ0n) is 15.2. The van der Waals surface area contributed by atoms with Crippen LogP contribution in [0.3, 0.4) is 0 Å². The molecule has 6 nitrogen and oxygen atoms in total. The molecule has 1 aliphatic heterocycles. The first-order valence-corrected chi connectivity index (χ1v) is 8.76. The van der Waals surface area contributed by atoms with Crippen LogP contribution in [0, 0.1) is 6.92 Å². The lowest BCUT2D eigenvalue weighted by molar-refractivity contribution is 0.0788. The molecule has 2 aromatic carbocycles. The number of ether oxygens (including phenoxy) is 3. The minimum Gasteiger partial charge on any atom is -0.497 e. The Hall–Kier alpha value is -3.28. The van der Waals surface area contributed by atoms with Crippen LogP contribution in [0.25, 0.3) is 10.9 Å². The van der Waals surface area contributed by atoms with Gasteiger partial charge in [-0.1, -0.05) is 12.1 Å². The molecule has 138 valence electrons. The fourth-order valence-corrected chi connectivity index (χ4v) is 3.07. The van der Waals surface area contributed by atoms with E-state index in [0.717, 1.165) is 22.4 Å². The molecule has 0 radical (unpaired) electrons. The Labute approximate surface area is 157 Å². The molecule has 1 atom stereocenters. The van der Waals surface area contributed by atoms with Crippen molar-refractivity contribution in [2.75, 3.05) is 20.3 Å². The van der Waals surface area contributed by atoms with Gasteiger partial charge in [0.25, 0.3) is 5.91 Å². The van der Waals surface area contributed by atoms with Crippen LogP contribution in [-0.2, 0) is 0 Å². The molecular formula is C21H20N2O4. The molecule has 1 amide bonds. The second-order valence-electron chi connectivity index (χ2n) is 6.39. The maximum Gasteiger partial charge on any atom is 0.253 e. The van der Waals surface area contributed by atoms with E-state index in [1.54, 1.807) is 7.11 Å². The lowest BCUT2D eigenvalue weighted by atomic mass is 10.1. The Kier molecular flexibility index (Phi) is 4.54. The number of nitrogens with one attached hydrogen (secondary N) is 1. The predicted molar refractivity (Wildman–Crippen MR) is 102 cm³/mol. The van der Waals surface area contributed by atoms with E-state index in [0.29, 0.717) is 30.2 Å². The van der Waals surface area contributed by atoms with E-state index in [2.05, 4.69) is 10.3 Å². The second kappa shape index (κ2) is 7.15. The lowest BCUT2D eigenvalue weighted by Crippen LogP contribution is -2.40. The van der Waals surface area contributed by atoms with Crippen LogP contribution in [0.15, 0.2) is 48.5 Å². The number of fused-ring (bicyclic) bond motifs is 2. The number of carbonyl (C=O) groups is 1. The van der Waals surface area contributed by atoms with E-state index in [4.69, 9.17) is 14.2 Å². The summed E-state index contributed by atoms with van der Waals surface area (Å²) in [6, 6.07) is 15.0. The zero-order valence-corrected chi connectivity index (χ0v) is 15.2. The van der Waals surface area contributed by atoms with Gasteiger partial charge in [-0.2, -0.15) is 0 Å². The Balaban J connectivity index is 1.46. The summed E-state index contributed by atoms with van der Waals surface area (Å²) in [4.78, 5) is 17.2. The van der Waals surface area contributed by atoms with Crippen LogP contribution in [0.1, 0.15) is 16.1 Å². The van der Waals surface area contributed by atoms with E-state index < -0.39 is 0 Å². The molecule has 0 spiro atoms. The van der Waals surface area contributed by atoms with Crippen molar-refractivity contribution in [2.45, 2.75) is 13.0 Å². The molecular weight excluding hydrogens is 344 g/mol. The fourth-order valence-electron chi connectivity index (χ4n) is 3.07. The van der Waals surface area contributed by atoms with Gasteiger partial charge in [0.15, 0.2) is 11.5 Å². The highest BCUT2D eigenvalue weighted by molar-refractivity contribution is 5.98. The number of rotatable bonds is 4. The number of aryl methyl sites for hydroxylation is 1. The third-order valence-corrected chi connectivity index (χ3v) is 4.52. The van der Waals surface area contributed by atoms with E-state index in [9.17, 15) is 4.79 Å². The molecule has 27 heavy (non-hydrogen) atoms. The highest BCUT2D eigenvalue weighted by atomic mass is 16.6. The maximum atomic E-state index is 12.6. The molecule has 0 bridgehead atoms. The van der Waals surface area contributed by atoms with Crippen LogP contribution in [0.2, 0.25) is 0 Å². The summed E-state index contributed by atoms with van der Waals surface area (Å²) in [5.74, 6) is 1.98. The topological polar surface area (TPSA) is 69.7 Å². The quantitative estimate of drug-likeness (QED) is 0.770. The average Bonchev–Trinajstić information content (AvgIpc) is 2.70. The zero-order chi connectivity index (χ0) is 18.8. The largest absolute Gasteiger partial charge is 0.497 e. The number of para-hydroxylation sites is 2. The number of benzene rings is 2. The molecule has 2 heterocycles. The van der Waals surface area contributed by atoms with Crippen LogP contribution < -0.4 is 19.5 Å². The van der Waals surface area contributed by atoms with Gasteiger partial charge in [-0.15, -0.1) is 0 Å². The molecule has 0 aliphatic carbocycles. The Bertz CT molecular complexity index is 1000. The van der Waals surface area contributed by atoms with Crippen molar-refractivity contribution in [1.29, 1.82) is 0 Å². The molecule has 1 aliphatic rings. The number of hydrogen-bond donors (Lipinski definition) is 1. The van der Waals surface area contributed by atoms with Gasteiger partial charge < -0.3 is 19.5 Å². The third kappa shape index (κ3) is 3.51. The van der Waals surface area contributed by atoms with Crippen molar-refractivity contribution >= 4 is 16.8 Å². The molecule has 4 rings (SSSR count). The van der Waals surface area contributed by atoms with Gasteiger partial charge in [0.1, 0.15) is 18.5 Å². The standard InChI is InChI=1S/C21H20N2O4/c1-13-17(9-14-7-8-15(25-2)10-18(14)23-13)21(24)22-11-16-12-26-19-5-3-4-6-20(19)27-16/h3-10,16H,11-12H2,1-2H3,(H,22,24)/t16-/m1/s1. The summed E-state index contributed by atoms with van der Waals surface area (Å²) in [6.07, 6.45) is -0.234. The van der Waals surface area contributed by atoms with E-state index in [1.165, 1.54) is 0 Å². The SMILES string of the molecule is COc1ccc2cc(C(=O)NC[C@@H]3COc4ccccc4O3)c(C)nc2c1. The molecule has 1 aromatic heterocycles. The first kappa shape index (κ1) is 17.1. The molecule has 0 saturated carbocycles. The number of aromatic nitrogens is 1. The monoisotopic (exact) mass is 364 g/mol. The van der Waals surface area contributed by atoms with Crippen molar-refractivity contribution in [3.8, 4) is 17.2 Å². The van der Waals surface area contributed by atoms with Gasteiger partial charge in [0, 0.05) is 11.5 Å². The summed E-state index contributed by atoms with van der Waals surface area (Å²) >= 11 is 0. The number of hydrogen-bond acceptors (Lipinski definition) is 5. The van der Waals surface area contributed by atoms with Crippen LogP contribution in [0.5, 0.6) is 17.2 Å². The second-order valence-corrected chi connectivity index (χ2v) is 6.39. The van der Waals surface area contributed by atoms with Gasteiger partial charge in [-0.25, -0.2) is 0 Å². The van der Waals surface area contributed by atoms with Crippen molar-refractivity contribution in [3.05, 3.63) is 59.8 Å². The van der Waals surface area contributed by atoms with Gasteiger partial charge in [0.05, 0.1) is 30.4 Å². The number of nitrogens with zero attached hydrogens (tertiary/aromatic N) is 1. The van der Waals surface area contributed by atoms with Crippen LogP contribution in [-0.4, -0.2) is 37.3 Å². The average molecular weight is 364 g/mol. The van der Waals surface area contributed by atoms with Gasteiger partial charge in [-0.3, -0.25) is 9.78 Å². The highest BCUT2D eigenvalue weighted by Crippen LogP contribution is 2.30. The summed E-state index contributed by atoms with van der Waals surface area (Å²) in [5.41, 5.74) is 2.01. The fraction of sp³-hybridized carbons (Fsp3) is 0.238. The predicted octanol–water partition coefficient (Wildman–Crippen LogP) is 3.12. The van der Waals surface area contributed by atoms with E-state index >= 15 is 0 Å². The summed E-state index contributed by atoms with van der Waals surface area (Å²) in [6.45, 7) is 2.57. The first-order chi connectivity index (χ1) is 13.1. The Morgan fingerprint density at radius 1 is 1.22 bits per heavy atom. The van der Waals surface area contributed by atoms with Crippen LogP contribution >= 0.6 is 0 Å². The Morgan fingerprint density at radius 3 is 2.85 bits per heavy atom. The summed E-state index contributed by atoms with van der Waals surface area (Å²) < 4.78 is 16.8. The third-order valence-electron chi connectivity index (χ3n) is 4.52. The molecule has 0 unspecified atom stereocenters. The number of pyridine rings is 1. The summed E-state index contributed by atoms with van der Waals surface area (Å²) in [7, 11) is 1.62. The number of methoxy groups -OCH3 is 1. The molecule has 1 N–H and O–H groups in total. The maximum absolute atomic E-state index is 12.6. The van der Waals surface area contributed by atoms with E-state index in [1.807, 2.05) is 55.5 Å². The first-order valence-electron chi connectivity index (χ1n) is 8.76. The minimum atomic E-state index is -0.234. The van der Waals surface area contributed by atoms with Gasteiger partial charge in [0.2, 0.25) is 0 Å². The van der Waals surface area contributed by atoms with Gasteiger partial charge in [-0.05, 0) is 37.3 Å². The molecule has 3 aromatic rings. The van der Waals surface area contributed by atoms with Crippen molar-refractivity contribution in [2.24, 2.45) is 0 Å². The van der Waals surface area contributed by atoms with Crippen molar-refractivity contribution in [3.63, 3.8) is 0 Å². The van der Waals surface area contributed by atoms with Crippen molar-refractivity contribution in [1.82, 2.24) is 10.3 Å². The highest BCUT2D eigenvalue weighted by Gasteiger charge is 2.22. The molecule has 0 fully saturated rings. The Morgan fingerprint density at radius 2 is 2.04 bits per heavy atom. The lowest BCUT2D eigenvalue weighted by Gasteiger charge is -2.26. The summed E-state index contributed by atoms with van der Waals surface area (Å²) in [5, 5.41) is 3.81. The van der Waals surface area contributed by atoms with Gasteiger partial charge >= 0.3 is 0 Å². The number of carbonyl (C=O) groups excluding carboxylic acids is 1. The minimum absolute atomic E-state index is 0.180. The molecule has 0 saturated heterocycles. The van der Waals surface area contributed by atoms with Crippen molar-refractivity contribution < 1.29 is 19.0 Å². The number of amides is 1. The molecule has 6 heteroatoms.